The highest BCUT2D eigenvalue weighted by Crippen LogP contribution is 2.38. The fourth-order valence-corrected chi connectivity index (χ4v) is 5.17. The van der Waals surface area contributed by atoms with E-state index in [1.54, 1.807) is 12.2 Å². The zero-order chi connectivity index (χ0) is 31.5. The zero-order valence-electron chi connectivity index (χ0n) is 27.7. The van der Waals surface area contributed by atoms with Gasteiger partial charge in [0.15, 0.2) is 0 Å². The molecule has 1 unspecified atom stereocenters. The summed E-state index contributed by atoms with van der Waals surface area (Å²) < 4.78 is 22.9. The quantitative estimate of drug-likeness (QED) is 0.0398. The molecule has 3 atom stereocenters. The van der Waals surface area contributed by atoms with Crippen LogP contribution in [0.5, 0.6) is 0 Å². The van der Waals surface area contributed by atoms with Crippen LogP contribution in [0, 0.1) is 0 Å². The summed E-state index contributed by atoms with van der Waals surface area (Å²) in [5, 5.41) is 13.5. The van der Waals surface area contributed by atoms with Crippen LogP contribution in [-0.4, -0.2) is 68.5 Å². The Balaban J connectivity index is 4.71. The molecule has 8 nitrogen and oxygen atoms in total. The number of hydrogen-bond acceptors (Lipinski definition) is 6. The van der Waals surface area contributed by atoms with Gasteiger partial charge in [0.1, 0.15) is 13.2 Å². The number of carbonyl (C=O) groups is 1. The molecular weight excluding hydrogens is 551 g/mol. The summed E-state index contributed by atoms with van der Waals surface area (Å²) >= 11 is 0. The Hall–Kier alpha value is -1.02. The van der Waals surface area contributed by atoms with E-state index >= 15 is 0 Å². The van der Waals surface area contributed by atoms with E-state index in [4.69, 9.17) is 9.05 Å². The molecule has 0 radical (unpaired) electrons. The van der Waals surface area contributed by atoms with E-state index in [0.717, 1.165) is 32.1 Å². The standard InChI is InChI=1S/C33H65N2O6P/c1-6-8-10-12-14-16-18-20-22-24-26-32(36)31(30-41-42(38,39)40-29-28-35(3,4)5)34-33(37)27-25-23-21-19-17-15-13-11-9-7-2/h20,22,24,26,31-32,36H,6-19,21,23,25,27-30H2,1-5H3,(H-,34,37,38,39)/b22-20+,26-24+/t31-,32+/m0/s1. The SMILES string of the molecule is CCCCCCCC/C=C/C=C/[C@@H](O)[C@H](COP(=O)([O-])OCC[N+](C)(C)C)NC(=O)CCCCCCCCCCCC. The Morgan fingerprint density at radius 3 is 1.90 bits per heavy atom. The van der Waals surface area contributed by atoms with Gasteiger partial charge in [0, 0.05) is 6.42 Å². The summed E-state index contributed by atoms with van der Waals surface area (Å²) in [6, 6.07) is -0.909. The average molecular weight is 617 g/mol. The number of nitrogens with zero attached hydrogens (tertiary/aromatic N) is 1. The average Bonchev–Trinajstić information content (AvgIpc) is 2.92. The van der Waals surface area contributed by atoms with Crippen LogP contribution >= 0.6 is 7.82 Å². The first-order chi connectivity index (χ1) is 20.0. The predicted molar refractivity (Wildman–Crippen MR) is 173 cm³/mol. The molecule has 0 aliphatic rings. The summed E-state index contributed by atoms with van der Waals surface area (Å²) in [6.07, 6.45) is 26.6. The number of hydrogen-bond donors (Lipinski definition) is 2. The van der Waals surface area contributed by atoms with Crippen molar-refractivity contribution < 1.29 is 32.9 Å². The number of phosphoric acid groups is 1. The molecule has 0 saturated carbocycles. The highest BCUT2D eigenvalue weighted by molar-refractivity contribution is 7.45. The Labute approximate surface area is 258 Å². The predicted octanol–water partition coefficient (Wildman–Crippen LogP) is 7.21. The van der Waals surface area contributed by atoms with Crippen LogP contribution in [0.15, 0.2) is 24.3 Å². The zero-order valence-corrected chi connectivity index (χ0v) is 28.6. The second-order valence-electron chi connectivity index (χ2n) is 12.6. The Kier molecular flexibility index (Phi) is 25.7. The molecule has 0 spiro atoms. The second-order valence-corrected chi connectivity index (χ2v) is 14.0. The first-order valence-electron chi connectivity index (χ1n) is 16.7. The van der Waals surface area contributed by atoms with Gasteiger partial charge in [0.25, 0.3) is 7.82 Å². The summed E-state index contributed by atoms with van der Waals surface area (Å²) in [6.45, 7) is 4.52. The fraction of sp³-hybridized carbons (Fsp3) is 0.848. The normalized spacial score (nSPS) is 15.3. The van der Waals surface area contributed by atoms with E-state index in [1.165, 1.54) is 77.0 Å². The Morgan fingerprint density at radius 2 is 1.36 bits per heavy atom. The van der Waals surface area contributed by atoms with Crippen LogP contribution in [0.3, 0.4) is 0 Å². The third-order valence-electron chi connectivity index (χ3n) is 7.22. The number of rotatable bonds is 29. The maximum absolute atomic E-state index is 12.6. The van der Waals surface area contributed by atoms with Crippen molar-refractivity contribution in [3.8, 4) is 0 Å². The third kappa shape index (κ3) is 27.8. The van der Waals surface area contributed by atoms with Gasteiger partial charge in [-0.3, -0.25) is 9.36 Å². The molecular formula is C33H65N2O6P. The molecule has 0 fully saturated rings. The van der Waals surface area contributed by atoms with Crippen molar-refractivity contribution in [3.63, 3.8) is 0 Å². The Morgan fingerprint density at radius 1 is 0.833 bits per heavy atom. The molecule has 0 heterocycles. The van der Waals surface area contributed by atoms with Crippen molar-refractivity contribution in [3.05, 3.63) is 24.3 Å². The van der Waals surface area contributed by atoms with Gasteiger partial charge in [0.05, 0.1) is 39.9 Å². The van der Waals surface area contributed by atoms with Crippen LogP contribution in [-0.2, 0) is 18.4 Å². The van der Waals surface area contributed by atoms with E-state index in [-0.39, 0.29) is 12.5 Å². The number of aliphatic hydroxyl groups excluding tert-OH is 1. The fourth-order valence-electron chi connectivity index (χ4n) is 4.44. The van der Waals surface area contributed by atoms with Gasteiger partial charge in [-0.2, -0.15) is 0 Å². The molecule has 0 saturated heterocycles. The van der Waals surface area contributed by atoms with Gasteiger partial charge in [-0.15, -0.1) is 0 Å². The van der Waals surface area contributed by atoms with Crippen LogP contribution in [0.1, 0.15) is 129 Å². The van der Waals surface area contributed by atoms with Crippen molar-refractivity contribution in [2.75, 3.05) is 40.9 Å². The molecule has 0 aromatic heterocycles. The molecule has 0 rings (SSSR count). The van der Waals surface area contributed by atoms with Crippen molar-refractivity contribution in [2.24, 2.45) is 0 Å². The highest BCUT2D eigenvalue weighted by Gasteiger charge is 2.23. The number of aliphatic hydroxyl groups is 1. The molecule has 248 valence electrons. The largest absolute Gasteiger partial charge is 0.756 e. The lowest BCUT2D eigenvalue weighted by molar-refractivity contribution is -0.870. The van der Waals surface area contributed by atoms with Gasteiger partial charge in [-0.05, 0) is 19.3 Å². The lowest BCUT2D eigenvalue weighted by atomic mass is 10.1. The van der Waals surface area contributed by atoms with Gasteiger partial charge in [-0.1, -0.05) is 128 Å². The minimum atomic E-state index is -4.58. The van der Waals surface area contributed by atoms with E-state index in [2.05, 4.69) is 25.2 Å². The van der Waals surface area contributed by atoms with Crippen LogP contribution < -0.4 is 10.2 Å². The highest BCUT2D eigenvalue weighted by atomic mass is 31.2. The number of nitrogens with one attached hydrogen (secondary N) is 1. The first kappa shape index (κ1) is 41.0. The van der Waals surface area contributed by atoms with Gasteiger partial charge in [0.2, 0.25) is 5.91 Å². The maximum Gasteiger partial charge on any atom is 0.268 e. The lowest BCUT2D eigenvalue weighted by Crippen LogP contribution is -2.45. The van der Waals surface area contributed by atoms with Crippen LogP contribution in [0.25, 0.3) is 0 Å². The van der Waals surface area contributed by atoms with Crippen LogP contribution in [0.2, 0.25) is 0 Å². The van der Waals surface area contributed by atoms with Crippen molar-refractivity contribution in [1.29, 1.82) is 0 Å². The van der Waals surface area contributed by atoms with E-state index in [1.807, 2.05) is 27.2 Å². The van der Waals surface area contributed by atoms with E-state index < -0.39 is 26.6 Å². The van der Waals surface area contributed by atoms with Gasteiger partial charge in [-0.25, -0.2) is 0 Å². The minimum absolute atomic E-state index is 0.00804. The van der Waals surface area contributed by atoms with Gasteiger partial charge < -0.3 is 28.8 Å². The minimum Gasteiger partial charge on any atom is -0.756 e. The molecule has 0 aromatic carbocycles. The van der Waals surface area contributed by atoms with Crippen molar-refractivity contribution >= 4 is 13.7 Å². The molecule has 0 bridgehead atoms. The van der Waals surface area contributed by atoms with Gasteiger partial charge >= 0.3 is 0 Å². The molecule has 42 heavy (non-hydrogen) atoms. The molecule has 9 heteroatoms. The number of allylic oxidation sites excluding steroid dienone is 3. The molecule has 1 amide bonds. The Bertz CT molecular complexity index is 753. The maximum atomic E-state index is 12.6. The lowest BCUT2D eigenvalue weighted by Gasteiger charge is -2.29. The summed E-state index contributed by atoms with van der Waals surface area (Å²) in [7, 11) is 1.23. The summed E-state index contributed by atoms with van der Waals surface area (Å²) in [4.78, 5) is 24.9. The topological polar surface area (TPSA) is 108 Å². The number of likely N-dealkylation sites (N-methyl/N-ethyl adjacent to an activating group) is 1. The molecule has 0 aromatic rings. The number of quaternary nitrogens is 1. The number of amides is 1. The van der Waals surface area contributed by atoms with Crippen LogP contribution in [0.4, 0.5) is 0 Å². The van der Waals surface area contributed by atoms with Crippen molar-refractivity contribution in [2.45, 2.75) is 142 Å². The smallest absolute Gasteiger partial charge is 0.268 e. The van der Waals surface area contributed by atoms with E-state index in [0.29, 0.717) is 17.4 Å². The number of phosphoric ester groups is 1. The van der Waals surface area contributed by atoms with E-state index in [9.17, 15) is 19.4 Å². The number of unbranched alkanes of at least 4 members (excludes halogenated alkanes) is 15. The summed E-state index contributed by atoms with van der Waals surface area (Å²) in [5.74, 6) is -0.221. The molecule has 2 N–H and O–H groups in total. The third-order valence-corrected chi connectivity index (χ3v) is 8.18. The first-order valence-corrected chi connectivity index (χ1v) is 18.2. The second kappa shape index (κ2) is 26.4. The monoisotopic (exact) mass is 616 g/mol. The molecule has 0 aliphatic heterocycles. The molecule has 0 aliphatic carbocycles. The van der Waals surface area contributed by atoms with Crippen molar-refractivity contribution in [1.82, 2.24) is 5.32 Å². The number of carbonyl (C=O) groups excluding carboxylic acids is 1. The summed E-state index contributed by atoms with van der Waals surface area (Å²) in [5.41, 5.74) is 0.